The third-order valence-corrected chi connectivity index (χ3v) is 2.62. The van der Waals surface area contributed by atoms with Gasteiger partial charge in [-0.05, 0) is 39.4 Å². The number of nitrogens with zero attached hydrogens (tertiary/aromatic N) is 1. The van der Waals surface area contributed by atoms with Crippen LogP contribution >= 0.6 is 0 Å². The highest BCUT2D eigenvalue weighted by atomic mass is 16.3. The minimum Gasteiger partial charge on any atom is -0.396 e. The van der Waals surface area contributed by atoms with Gasteiger partial charge in [0.2, 0.25) is 0 Å². The van der Waals surface area contributed by atoms with Crippen molar-refractivity contribution in [2.45, 2.75) is 32.3 Å². The monoisotopic (exact) mass is 232 g/mol. The van der Waals surface area contributed by atoms with Crippen LogP contribution in [0.25, 0.3) is 0 Å². The summed E-state index contributed by atoms with van der Waals surface area (Å²) in [6.45, 7) is 4.62. The maximum absolute atomic E-state index is 9.64. The molecule has 0 amide bonds. The Bertz CT molecular complexity index is 148. The zero-order valence-electron chi connectivity index (χ0n) is 10.9. The molecule has 0 heterocycles. The van der Waals surface area contributed by atoms with Crippen LogP contribution in [0.5, 0.6) is 0 Å². The Labute approximate surface area is 99.7 Å². The number of nitrogens with one attached hydrogen (secondary N) is 1. The molecule has 4 nitrogen and oxygen atoms in total. The molecular formula is C12H28N2O2. The van der Waals surface area contributed by atoms with E-state index < -0.39 is 0 Å². The van der Waals surface area contributed by atoms with Crippen molar-refractivity contribution in [1.82, 2.24) is 10.2 Å². The summed E-state index contributed by atoms with van der Waals surface area (Å²) in [6.07, 6.45) is 2.82. The normalized spacial score (nSPS) is 15.4. The summed E-state index contributed by atoms with van der Waals surface area (Å²) in [4.78, 5) is 1.98. The third-order valence-electron chi connectivity index (χ3n) is 2.62. The molecule has 98 valence electrons. The quantitative estimate of drug-likeness (QED) is 0.507. The van der Waals surface area contributed by atoms with Crippen molar-refractivity contribution in [2.24, 2.45) is 5.92 Å². The van der Waals surface area contributed by atoms with Crippen LogP contribution in [0, 0.1) is 5.92 Å². The summed E-state index contributed by atoms with van der Waals surface area (Å²) in [6, 6.07) is 0. The number of aliphatic hydroxyl groups is 2. The van der Waals surface area contributed by atoms with Gasteiger partial charge in [-0.1, -0.05) is 13.3 Å². The Morgan fingerprint density at radius 3 is 2.38 bits per heavy atom. The van der Waals surface area contributed by atoms with Crippen LogP contribution in [-0.2, 0) is 0 Å². The lowest BCUT2D eigenvalue weighted by molar-refractivity contribution is 0.132. The summed E-state index contributed by atoms with van der Waals surface area (Å²) >= 11 is 0. The van der Waals surface area contributed by atoms with Crippen molar-refractivity contribution in [3.05, 3.63) is 0 Å². The van der Waals surface area contributed by atoms with E-state index in [0.717, 1.165) is 25.8 Å². The van der Waals surface area contributed by atoms with E-state index in [4.69, 9.17) is 5.11 Å². The van der Waals surface area contributed by atoms with Gasteiger partial charge in [-0.3, -0.25) is 0 Å². The van der Waals surface area contributed by atoms with Crippen molar-refractivity contribution in [2.75, 3.05) is 40.3 Å². The smallest absolute Gasteiger partial charge is 0.0791 e. The second-order valence-corrected chi connectivity index (χ2v) is 4.74. The van der Waals surface area contributed by atoms with Gasteiger partial charge in [-0.2, -0.15) is 0 Å². The lowest BCUT2D eigenvalue weighted by Gasteiger charge is -2.19. The number of rotatable bonds is 10. The van der Waals surface area contributed by atoms with E-state index >= 15 is 0 Å². The van der Waals surface area contributed by atoms with E-state index in [1.165, 1.54) is 0 Å². The van der Waals surface area contributed by atoms with Gasteiger partial charge in [0.05, 0.1) is 6.10 Å². The molecule has 0 saturated carbocycles. The maximum atomic E-state index is 9.64. The first-order chi connectivity index (χ1) is 7.60. The van der Waals surface area contributed by atoms with Crippen LogP contribution in [0.1, 0.15) is 26.2 Å². The van der Waals surface area contributed by atoms with Crippen LogP contribution in [0.3, 0.4) is 0 Å². The molecule has 16 heavy (non-hydrogen) atoms. The van der Waals surface area contributed by atoms with Crippen molar-refractivity contribution < 1.29 is 10.2 Å². The molecule has 0 aliphatic rings. The van der Waals surface area contributed by atoms with Crippen LogP contribution in [-0.4, -0.2) is 61.6 Å². The molecule has 0 aromatic rings. The van der Waals surface area contributed by atoms with E-state index in [0.29, 0.717) is 19.0 Å². The van der Waals surface area contributed by atoms with Gasteiger partial charge >= 0.3 is 0 Å². The third kappa shape index (κ3) is 9.09. The molecule has 2 unspecified atom stereocenters. The van der Waals surface area contributed by atoms with Crippen LogP contribution in [0.2, 0.25) is 0 Å². The standard InChI is InChI=1S/C12H28N2O2/c1-4-5-11(6-7-15)8-13-9-12(16)10-14(2)3/h11-13,15-16H,4-10H2,1-3H3. The first kappa shape index (κ1) is 15.8. The minimum absolute atomic E-state index is 0.257. The number of likely N-dealkylation sites (N-methyl/N-ethyl adjacent to an activating group) is 1. The van der Waals surface area contributed by atoms with Gasteiger partial charge in [-0.15, -0.1) is 0 Å². The van der Waals surface area contributed by atoms with Crippen molar-refractivity contribution in [3.63, 3.8) is 0 Å². The Kier molecular flexibility index (Phi) is 9.92. The molecule has 0 aromatic heterocycles. The van der Waals surface area contributed by atoms with Gasteiger partial charge in [0.15, 0.2) is 0 Å². The van der Waals surface area contributed by atoms with Crippen molar-refractivity contribution in [3.8, 4) is 0 Å². The van der Waals surface area contributed by atoms with Gasteiger partial charge in [0.25, 0.3) is 0 Å². The minimum atomic E-state index is -0.314. The summed E-state index contributed by atoms with van der Waals surface area (Å²) in [5, 5.41) is 21.8. The molecule has 0 bridgehead atoms. The Balaban J connectivity index is 3.59. The predicted molar refractivity (Wildman–Crippen MR) is 67.5 cm³/mol. The first-order valence-electron chi connectivity index (χ1n) is 6.24. The van der Waals surface area contributed by atoms with E-state index in [2.05, 4.69) is 12.2 Å². The molecule has 3 N–H and O–H groups in total. The Hall–Kier alpha value is -0.160. The van der Waals surface area contributed by atoms with Gasteiger partial charge in [0.1, 0.15) is 0 Å². The average Bonchev–Trinajstić information content (AvgIpc) is 2.17. The SMILES string of the molecule is CCCC(CCO)CNCC(O)CN(C)C. The summed E-state index contributed by atoms with van der Waals surface area (Å²) in [5.41, 5.74) is 0. The number of hydrogen-bond donors (Lipinski definition) is 3. The molecular weight excluding hydrogens is 204 g/mol. The molecule has 0 aliphatic carbocycles. The molecule has 0 aliphatic heterocycles. The van der Waals surface area contributed by atoms with Gasteiger partial charge in [0, 0.05) is 19.7 Å². The average molecular weight is 232 g/mol. The highest BCUT2D eigenvalue weighted by Gasteiger charge is 2.09. The van der Waals surface area contributed by atoms with Gasteiger partial charge in [-0.25, -0.2) is 0 Å². The highest BCUT2D eigenvalue weighted by molar-refractivity contribution is 4.66. The summed E-state index contributed by atoms with van der Waals surface area (Å²) in [7, 11) is 3.91. The zero-order valence-corrected chi connectivity index (χ0v) is 10.9. The van der Waals surface area contributed by atoms with Gasteiger partial charge < -0.3 is 20.4 Å². The molecule has 0 radical (unpaired) electrons. The fraction of sp³-hybridized carbons (Fsp3) is 1.00. The van der Waals surface area contributed by atoms with Crippen LogP contribution in [0.15, 0.2) is 0 Å². The van der Waals surface area contributed by atoms with Crippen LogP contribution in [0.4, 0.5) is 0 Å². The fourth-order valence-corrected chi connectivity index (χ4v) is 1.88. The lowest BCUT2D eigenvalue weighted by Crippen LogP contribution is -2.37. The fourth-order valence-electron chi connectivity index (χ4n) is 1.88. The first-order valence-corrected chi connectivity index (χ1v) is 6.24. The highest BCUT2D eigenvalue weighted by Crippen LogP contribution is 2.09. The topological polar surface area (TPSA) is 55.7 Å². The summed E-state index contributed by atoms with van der Waals surface area (Å²) in [5.74, 6) is 0.529. The van der Waals surface area contributed by atoms with E-state index in [1.807, 2.05) is 19.0 Å². The second kappa shape index (κ2) is 10.0. The van der Waals surface area contributed by atoms with E-state index in [1.54, 1.807) is 0 Å². The van der Waals surface area contributed by atoms with Crippen molar-refractivity contribution in [1.29, 1.82) is 0 Å². The lowest BCUT2D eigenvalue weighted by atomic mass is 10.0. The Morgan fingerprint density at radius 2 is 1.88 bits per heavy atom. The Morgan fingerprint density at radius 1 is 1.19 bits per heavy atom. The number of aliphatic hydroxyl groups excluding tert-OH is 2. The largest absolute Gasteiger partial charge is 0.396 e. The van der Waals surface area contributed by atoms with E-state index in [9.17, 15) is 5.11 Å². The maximum Gasteiger partial charge on any atom is 0.0791 e. The van der Waals surface area contributed by atoms with E-state index in [-0.39, 0.29) is 12.7 Å². The predicted octanol–water partition coefficient (Wildman–Crippen LogP) is 0.297. The second-order valence-electron chi connectivity index (χ2n) is 4.74. The van der Waals surface area contributed by atoms with Crippen LogP contribution < -0.4 is 5.32 Å². The molecule has 0 fully saturated rings. The zero-order chi connectivity index (χ0) is 12.4. The molecule has 0 rings (SSSR count). The molecule has 0 saturated heterocycles. The number of hydrogen-bond acceptors (Lipinski definition) is 4. The van der Waals surface area contributed by atoms with Crippen molar-refractivity contribution >= 4 is 0 Å². The molecule has 2 atom stereocenters. The summed E-state index contributed by atoms with van der Waals surface area (Å²) < 4.78 is 0. The molecule has 0 aromatic carbocycles. The molecule has 0 spiro atoms. The molecule has 4 heteroatoms.